The van der Waals surface area contributed by atoms with Gasteiger partial charge in [-0.15, -0.1) is 0 Å². The van der Waals surface area contributed by atoms with Crippen molar-refractivity contribution in [2.24, 2.45) is 23.7 Å². The van der Waals surface area contributed by atoms with Gasteiger partial charge in [-0.3, -0.25) is 4.79 Å². The van der Waals surface area contributed by atoms with Crippen LogP contribution in [0.3, 0.4) is 0 Å². The average molecular weight is 123 g/mol. The Hall–Kier alpha value is -0.530. The third kappa shape index (κ3) is 0.373. The van der Waals surface area contributed by atoms with E-state index in [0.717, 1.165) is 36.6 Å². The SMILES string of the molecule is O=C1CC2C3C(CN1)C23. The lowest BCUT2D eigenvalue weighted by Gasteiger charge is -1.99. The predicted molar refractivity (Wildman–Crippen MR) is 31.6 cm³/mol. The summed E-state index contributed by atoms with van der Waals surface area (Å²) < 4.78 is 0. The zero-order chi connectivity index (χ0) is 6.01. The minimum atomic E-state index is 0.285. The molecule has 2 saturated carbocycles. The van der Waals surface area contributed by atoms with Crippen molar-refractivity contribution in [1.29, 1.82) is 0 Å². The summed E-state index contributed by atoms with van der Waals surface area (Å²) in [7, 11) is 0. The predicted octanol–water partition coefficient (Wildman–Crippen LogP) is -0.00170. The van der Waals surface area contributed by atoms with Gasteiger partial charge in [0.2, 0.25) is 5.91 Å². The first-order valence-electron chi connectivity index (χ1n) is 3.64. The molecule has 2 aliphatic heterocycles. The molecule has 2 heteroatoms. The van der Waals surface area contributed by atoms with Crippen LogP contribution in [-0.2, 0) is 4.79 Å². The quantitative estimate of drug-likeness (QED) is 0.482. The maximum atomic E-state index is 10.8. The van der Waals surface area contributed by atoms with Crippen LogP contribution in [0, 0.1) is 23.7 Å². The normalized spacial score (nSPS) is 59.3. The summed E-state index contributed by atoms with van der Waals surface area (Å²) in [6.45, 7) is 0.977. The average Bonchev–Trinajstić information content (AvgIpc) is 2.53. The fourth-order valence-electron chi connectivity index (χ4n) is 2.41. The summed E-state index contributed by atoms with van der Waals surface area (Å²) in [5.41, 5.74) is 0. The van der Waals surface area contributed by atoms with Gasteiger partial charge in [0, 0.05) is 13.0 Å². The van der Waals surface area contributed by atoms with Gasteiger partial charge in [0.15, 0.2) is 0 Å². The Bertz CT molecular complexity index is 173. The lowest BCUT2D eigenvalue weighted by atomic mass is 10.0. The molecule has 0 spiro atoms. The Kier molecular flexibility index (Phi) is 0.491. The molecule has 0 aromatic carbocycles. The maximum absolute atomic E-state index is 10.8. The molecule has 48 valence electrons. The Morgan fingerprint density at radius 1 is 1.33 bits per heavy atom. The van der Waals surface area contributed by atoms with Crippen LogP contribution >= 0.6 is 0 Å². The Morgan fingerprint density at radius 3 is 2.89 bits per heavy atom. The molecule has 2 aliphatic carbocycles. The zero-order valence-corrected chi connectivity index (χ0v) is 5.13. The number of fused-ring (bicyclic) bond motifs is 3. The van der Waals surface area contributed by atoms with Crippen molar-refractivity contribution in [3.8, 4) is 0 Å². The van der Waals surface area contributed by atoms with E-state index in [0.29, 0.717) is 0 Å². The molecule has 4 fully saturated rings. The van der Waals surface area contributed by atoms with Crippen molar-refractivity contribution in [3.63, 3.8) is 0 Å². The van der Waals surface area contributed by atoms with Crippen molar-refractivity contribution >= 4 is 5.91 Å². The molecule has 0 radical (unpaired) electrons. The lowest BCUT2D eigenvalue weighted by molar-refractivity contribution is -0.120. The minimum absolute atomic E-state index is 0.285. The third-order valence-electron chi connectivity index (χ3n) is 3.10. The molecule has 4 rings (SSSR count). The van der Waals surface area contributed by atoms with Gasteiger partial charge < -0.3 is 5.32 Å². The zero-order valence-electron chi connectivity index (χ0n) is 5.13. The van der Waals surface area contributed by atoms with E-state index in [4.69, 9.17) is 0 Å². The highest BCUT2D eigenvalue weighted by molar-refractivity contribution is 5.78. The van der Waals surface area contributed by atoms with E-state index in [-0.39, 0.29) is 5.91 Å². The number of hydrogen-bond acceptors (Lipinski definition) is 1. The van der Waals surface area contributed by atoms with Gasteiger partial charge in [-0.05, 0) is 23.7 Å². The van der Waals surface area contributed by atoms with Gasteiger partial charge >= 0.3 is 0 Å². The molecule has 2 unspecified atom stereocenters. The molecule has 1 amide bonds. The molecule has 0 aromatic heterocycles. The molecule has 9 heavy (non-hydrogen) atoms. The van der Waals surface area contributed by atoms with Crippen molar-refractivity contribution in [2.45, 2.75) is 6.42 Å². The number of hydrogen-bond donors (Lipinski definition) is 1. The summed E-state index contributed by atoms with van der Waals surface area (Å²) in [6.07, 6.45) is 0.825. The lowest BCUT2D eigenvalue weighted by Crippen LogP contribution is -2.22. The van der Waals surface area contributed by atoms with Crippen LogP contribution in [0.4, 0.5) is 0 Å². The van der Waals surface area contributed by atoms with Crippen LogP contribution < -0.4 is 5.32 Å². The van der Waals surface area contributed by atoms with E-state index in [9.17, 15) is 4.79 Å². The van der Waals surface area contributed by atoms with Gasteiger partial charge in [-0.1, -0.05) is 0 Å². The van der Waals surface area contributed by atoms with Crippen LogP contribution in [-0.4, -0.2) is 12.5 Å². The largest absolute Gasteiger partial charge is 0.356 e. The van der Waals surface area contributed by atoms with E-state index in [1.54, 1.807) is 0 Å². The fraction of sp³-hybridized carbons (Fsp3) is 0.857. The number of carbonyl (C=O) groups is 1. The highest BCUT2D eigenvalue weighted by Crippen LogP contribution is 2.74. The molecule has 2 heterocycles. The van der Waals surface area contributed by atoms with Crippen molar-refractivity contribution in [3.05, 3.63) is 0 Å². The first kappa shape index (κ1) is 4.31. The minimum Gasteiger partial charge on any atom is -0.356 e. The number of amides is 1. The monoisotopic (exact) mass is 123 g/mol. The van der Waals surface area contributed by atoms with E-state index in [1.807, 2.05) is 0 Å². The molecular weight excluding hydrogens is 114 g/mol. The topological polar surface area (TPSA) is 29.1 Å². The van der Waals surface area contributed by atoms with Crippen LogP contribution in [0.25, 0.3) is 0 Å². The molecule has 2 nitrogen and oxygen atoms in total. The first-order valence-corrected chi connectivity index (χ1v) is 3.64. The molecular formula is C7H9NO. The van der Waals surface area contributed by atoms with Crippen LogP contribution in [0.5, 0.6) is 0 Å². The van der Waals surface area contributed by atoms with E-state index in [2.05, 4.69) is 5.32 Å². The summed E-state index contributed by atoms with van der Waals surface area (Å²) in [5, 5.41) is 2.92. The van der Waals surface area contributed by atoms with E-state index >= 15 is 0 Å². The Labute approximate surface area is 53.6 Å². The van der Waals surface area contributed by atoms with Gasteiger partial charge in [0.05, 0.1) is 0 Å². The molecule has 4 aliphatic rings. The van der Waals surface area contributed by atoms with Crippen molar-refractivity contribution < 1.29 is 4.79 Å². The van der Waals surface area contributed by atoms with Gasteiger partial charge in [0.25, 0.3) is 0 Å². The van der Waals surface area contributed by atoms with Gasteiger partial charge in [-0.25, -0.2) is 0 Å². The number of rotatable bonds is 0. The Morgan fingerprint density at radius 2 is 2.11 bits per heavy atom. The van der Waals surface area contributed by atoms with Crippen LogP contribution in [0.1, 0.15) is 6.42 Å². The van der Waals surface area contributed by atoms with Crippen LogP contribution in [0.2, 0.25) is 0 Å². The highest BCUT2D eigenvalue weighted by Gasteiger charge is 2.73. The number of carbonyl (C=O) groups excluding carboxylic acids is 1. The molecule has 2 saturated heterocycles. The second-order valence-corrected chi connectivity index (χ2v) is 3.49. The van der Waals surface area contributed by atoms with Gasteiger partial charge in [-0.2, -0.15) is 0 Å². The second-order valence-electron chi connectivity index (χ2n) is 3.49. The smallest absolute Gasteiger partial charge is 0.220 e. The molecule has 2 atom stereocenters. The maximum Gasteiger partial charge on any atom is 0.220 e. The Balaban J connectivity index is 1.86. The summed E-state index contributed by atoms with van der Waals surface area (Å²) in [4.78, 5) is 10.8. The van der Waals surface area contributed by atoms with Crippen molar-refractivity contribution in [2.75, 3.05) is 6.54 Å². The second kappa shape index (κ2) is 1.02. The standard InChI is InChI=1S/C7H9NO/c9-5-1-3-6-4(2-8-5)7(3)6/h3-4,6-7H,1-2H2,(H,8,9). The highest BCUT2D eigenvalue weighted by atomic mass is 16.1. The molecule has 1 N–H and O–H groups in total. The summed E-state index contributed by atoms with van der Waals surface area (Å²) in [6, 6.07) is 0. The summed E-state index contributed by atoms with van der Waals surface area (Å²) >= 11 is 0. The molecule has 2 bridgehead atoms. The fourth-order valence-corrected chi connectivity index (χ4v) is 2.41. The first-order chi connectivity index (χ1) is 4.38. The van der Waals surface area contributed by atoms with E-state index < -0.39 is 0 Å². The molecule has 0 aromatic rings. The van der Waals surface area contributed by atoms with E-state index in [1.165, 1.54) is 0 Å². The van der Waals surface area contributed by atoms with Crippen molar-refractivity contribution in [1.82, 2.24) is 5.32 Å². The van der Waals surface area contributed by atoms with Gasteiger partial charge in [0.1, 0.15) is 0 Å². The third-order valence-corrected chi connectivity index (χ3v) is 3.10. The summed E-state index contributed by atoms with van der Waals surface area (Å²) in [5.74, 6) is 3.96. The number of nitrogens with one attached hydrogen (secondary N) is 1. The van der Waals surface area contributed by atoms with Crippen LogP contribution in [0.15, 0.2) is 0 Å².